The molecule has 0 aliphatic carbocycles. The Morgan fingerprint density at radius 1 is 0.690 bits per heavy atom. The fourth-order valence-corrected chi connectivity index (χ4v) is 11.1. The topological polar surface area (TPSA) is 313 Å². The van der Waals surface area contributed by atoms with Crippen molar-refractivity contribution in [3.05, 3.63) is 163 Å². The lowest BCUT2D eigenvalue weighted by Gasteiger charge is -2.33. The number of ether oxygens (including phenoxy) is 3. The Bertz CT molecular complexity index is 3920. The highest BCUT2D eigenvalue weighted by atomic mass is 35.5. The molecule has 6 amide bonds. The summed E-state index contributed by atoms with van der Waals surface area (Å²) in [6.07, 6.45) is -0.196. The molecule has 22 nitrogen and oxygen atoms in total. The zero-order valence-corrected chi connectivity index (χ0v) is 50.0. The average molecular weight is 1270 g/mol. The molecule has 6 atom stereocenters. The number of methoxy groups -OCH3 is 1. The minimum Gasteiger partial charge on any atom is -0.508 e. The highest BCUT2D eigenvalue weighted by molar-refractivity contribution is 6.38. The predicted molar refractivity (Wildman–Crippen MR) is 319 cm³/mol. The molecule has 1 aromatic heterocycles. The molecule has 26 heteroatoms. The number of carbonyl (C=O) groups excluding carboxylic acids is 8. The Kier molecular flexibility index (Phi) is 17.9. The van der Waals surface area contributed by atoms with Crippen LogP contribution in [0.4, 0.5) is 4.79 Å². The van der Waals surface area contributed by atoms with Gasteiger partial charge in [-0.25, -0.2) is 9.59 Å². The Hall–Kier alpha value is -9.22. The molecule has 0 saturated heterocycles. The summed E-state index contributed by atoms with van der Waals surface area (Å²) >= 11 is 25.9. The third-order valence-electron chi connectivity index (χ3n) is 14.4. The molecule has 4 aliphatic rings. The number of fused-ring (bicyclic) bond motifs is 15. The molecule has 0 fully saturated rings. The van der Waals surface area contributed by atoms with Crippen LogP contribution in [-0.2, 0) is 51.1 Å². The zero-order valence-electron chi connectivity index (χ0n) is 47.0. The van der Waals surface area contributed by atoms with Crippen LogP contribution >= 0.6 is 46.4 Å². The van der Waals surface area contributed by atoms with Crippen LogP contribution in [0.5, 0.6) is 34.5 Å². The summed E-state index contributed by atoms with van der Waals surface area (Å²) in [7, 11) is 2.34. The second-order valence-corrected chi connectivity index (χ2v) is 23.2. The van der Waals surface area contributed by atoms with Gasteiger partial charge in [0.1, 0.15) is 47.3 Å². The van der Waals surface area contributed by atoms with Gasteiger partial charge in [0.05, 0.1) is 32.7 Å². The number of carbonyl (C=O) groups is 8. The molecule has 87 heavy (non-hydrogen) atoms. The molecule has 9 N–H and O–H groups in total. The Balaban J connectivity index is 1.28. The maximum absolute atomic E-state index is 15.8. The van der Waals surface area contributed by atoms with E-state index in [1.807, 2.05) is 0 Å². The van der Waals surface area contributed by atoms with E-state index in [9.17, 15) is 39.6 Å². The lowest BCUT2D eigenvalue weighted by atomic mass is 9.94. The van der Waals surface area contributed by atoms with Gasteiger partial charge >= 0.3 is 12.1 Å². The number of aromatic hydroxyl groups is 4. The summed E-state index contributed by atoms with van der Waals surface area (Å²) in [4.78, 5) is 118. The van der Waals surface area contributed by atoms with Crippen LogP contribution in [-0.4, -0.2) is 109 Å². The van der Waals surface area contributed by atoms with Crippen molar-refractivity contribution in [1.82, 2.24) is 36.1 Å². The van der Waals surface area contributed by atoms with E-state index in [1.165, 1.54) is 73.3 Å². The largest absolute Gasteiger partial charge is 0.508 e. The predicted octanol–water partition coefficient (Wildman–Crippen LogP) is 8.93. The van der Waals surface area contributed by atoms with Gasteiger partial charge < -0.3 is 66.1 Å². The normalized spacial score (nSPS) is 18.6. The van der Waals surface area contributed by atoms with Gasteiger partial charge in [0.25, 0.3) is 0 Å². The van der Waals surface area contributed by atoms with Gasteiger partial charge in [-0.05, 0) is 126 Å². The van der Waals surface area contributed by atoms with Gasteiger partial charge in [-0.3, -0.25) is 33.3 Å². The molecular formula is C61H55Cl4N7O15. The van der Waals surface area contributed by atoms with E-state index in [0.717, 1.165) is 36.3 Å². The van der Waals surface area contributed by atoms with E-state index in [0.29, 0.717) is 16.5 Å². The third kappa shape index (κ3) is 13.4. The van der Waals surface area contributed by atoms with E-state index in [2.05, 4.69) is 26.6 Å². The van der Waals surface area contributed by atoms with Crippen molar-refractivity contribution in [2.24, 2.45) is 0 Å². The quantitative estimate of drug-likeness (QED) is 0.0673. The van der Waals surface area contributed by atoms with Crippen molar-refractivity contribution in [2.75, 3.05) is 14.2 Å². The third-order valence-corrected chi connectivity index (χ3v) is 15.6. The van der Waals surface area contributed by atoms with Crippen LogP contribution in [0.25, 0.3) is 22.0 Å². The Morgan fingerprint density at radius 3 is 1.80 bits per heavy atom. The van der Waals surface area contributed by atoms with Crippen molar-refractivity contribution in [2.45, 2.75) is 82.4 Å². The SMILES string of the molecule is COC(=O)[C@H](NC(=O)[C@@H]1Cc2ccc(cc2)Oc2cc3cc(c2O)-c2ccc4c(cn(C(C)=O)c4c2)C[C@@H](NC(=O)OC(C)(C)C)C(=O)N[C@H](c2cc(Cl)c(O)c(Cl)c2)C(=O)N[C@H]3C(=O)N[C@H](c2cc(Cl)c(O)c(Cl)c2)C(=O)N1C)c1ccc(O)cc1. The van der Waals surface area contributed by atoms with Crippen molar-refractivity contribution in [3.8, 4) is 45.6 Å². The molecule has 11 rings (SSSR count). The zero-order chi connectivity index (χ0) is 63.1. The summed E-state index contributed by atoms with van der Waals surface area (Å²) in [5.74, 6) is -8.86. The summed E-state index contributed by atoms with van der Waals surface area (Å²) in [6.45, 7) is 6.07. The smallest absolute Gasteiger partial charge is 0.408 e. The number of hydrogen-bond acceptors (Lipinski definition) is 15. The molecule has 0 radical (unpaired) electrons. The van der Waals surface area contributed by atoms with E-state index in [-0.39, 0.29) is 89.1 Å². The van der Waals surface area contributed by atoms with Gasteiger partial charge in [-0.1, -0.05) is 82.8 Å². The number of alkyl carbamates (subject to hydrolysis) is 1. The van der Waals surface area contributed by atoms with Crippen molar-refractivity contribution >= 4 is 105 Å². The van der Waals surface area contributed by atoms with E-state index in [1.54, 1.807) is 51.1 Å². The molecule has 0 saturated carbocycles. The minimum absolute atomic E-state index is 0.0265. The van der Waals surface area contributed by atoms with Crippen LogP contribution in [0.3, 0.4) is 0 Å². The number of phenols is 4. The van der Waals surface area contributed by atoms with E-state index in [4.69, 9.17) is 60.6 Å². The van der Waals surface area contributed by atoms with Crippen molar-refractivity contribution < 1.29 is 73.0 Å². The van der Waals surface area contributed by atoms with Gasteiger partial charge in [-0.2, -0.15) is 0 Å². The number of likely N-dealkylation sites (N-methyl/N-ethyl adjacent to an activating group) is 1. The molecule has 4 aliphatic heterocycles. The van der Waals surface area contributed by atoms with E-state index < -0.39 is 107 Å². The second kappa shape index (κ2) is 25.0. The number of rotatable bonds is 7. The maximum Gasteiger partial charge on any atom is 0.408 e. The van der Waals surface area contributed by atoms with Crippen molar-refractivity contribution in [1.29, 1.82) is 0 Å². The first-order valence-corrected chi connectivity index (χ1v) is 28.1. The lowest BCUT2D eigenvalue weighted by molar-refractivity contribution is -0.147. The number of benzene rings is 6. The monoisotopic (exact) mass is 1270 g/mol. The fourth-order valence-electron chi connectivity index (χ4n) is 10.1. The minimum atomic E-state index is -2.04. The summed E-state index contributed by atoms with van der Waals surface area (Å²) in [5, 5.41) is 56.0. The summed E-state index contributed by atoms with van der Waals surface area (Å²) in [6, 6.07) is 12.7. The number of aromatic nitrogens is 1. The van der Waals surface area contributed by atoms with Gasteiger partial charge in [0.2, 0.25) is 35.4 Å². The molecule has 9 bridgehead atoms. The first kappa shape index (κ1) is 62.3. The highest BCUT2D eigenvalue weighted by Gasteiger charge is 2.40. The number of nitrogens with one attached hydrogen (secondary N) is 5. The maximum atomic E-state index is 15.8. The number of halogens is 4. The Morgan fingerprint density at radius 2 is 1.24 bits per heavy atom. The number of hydrogen-bond donors (Lipinski definition) is 9. The lowest BCUT2D eigenvalue weighted by Crippen LogP contribution is -2.54. The van der Waals surface area contributed by atoms with Crippen LogP contribution in [0.15, 0.2) is 109 Å². The number of nitrogens with zero attached hydrogens (tertiary/aromatic N) is 2. The number of amides is 6. The standard InChI is InChI=1S/C61H55Cl4N7O15/c1-27(73)72-26-34-23-43(66-60(84)87-61(2,3)4)54(78)67-48(32-19-39(62)52(76)40(63)20-32)56(80)68-47-31-18-38(30-11-16-37(34)44(72)24-30)51(75)46(25-31)86-36-14-7-28(8-15-36)17-45(55(79)70-50(59(83)85-6)29-9-12-35(74)13-10-29)71(5)58(82)49(69-57(47)81)33-21-41(64)53(77)42(65)22-33/h7-16,18-22,24-26,43,45,47-50,74-77H,17,23H2,1-6H3,(H,66,84)(H,67,78)(H,68,80)(H,69,81)(H,70,79)/t43-,45+,47-,48-,49-,50-/m1/s1. The first-order valence-electron chi connectivity index (χ1n) is 26.6. The van der Waals surface area contributed by atoms with Crippen LogP contribution in [0.1, 0.15) is 90.0 Å². The van der Waals surface area contributed by atoms with Gasteiger partial charge in [-0.15, -0.1) is 0 Å². The number of phenolic OH excluding ortho intramolecular Hbond substituents is 4. The molecule has 452 valence electrons. The van der Waals surface area contributed by atoms with Crippen LogP contribution < -0.4 is 31.3 Å². The van der Waals surface area contributed by atoms with Crippen LogP contribution in [0.2, 0.25) is 20.1 Å². The first-order chi connectivity index (χ1) is 41.1. The van der Waals surface area contributed by atoms with Crippen LogP contribution in [0, 0.1) is 0 Å². The number of esters is 1. The molecule has 0 spiro atoms. The summed E-state index contributed by atoms with van der Waals surface area (Å²) in [5.41, 5.74) is -0.137. The molecule has 7 aromatic rings. The molecule has 0 unspecified atom stereocenters. The van der Waals surface area contributed by atoms with Gasteiger partial charge in [0, 0.05) is 44.0 Å². The van der Waals surface area contributed by atoms with E-state index >= 15 is 19.2 Å². The van der Waals surface area contributed by atoms with Gasteiger partial charge in [0.15, 0.2) is 29.0 Å². The fraction of sp³-hybridized carbons (Fsp3) is 0.246. The summed E-state index contributed by atoms with van der Waals surface area (Å²) < 4.78 is 18.3. The highest BCUT2D eigenvalue weighted by Crippen LogP contribution is 2.44. The average Bonchev–Trinajstić information content (AvgIpc) is 1.93. The Labute approximate surface area is 516 Å². The second-order valence-electron chi connectivity index (χ2n) is 21.6. The van der Waals surface area contributed by atoms with Crippen molar-refractivity contribution in [3.63, 3.8) is 0 Å². The molecule has 6 aromatic carbocycles. The molecular weight excluding hydrogens is 1210 g/mol. The molecule has 5 heterocycles.